The van der Waals surface area contributed by atoms with E-state index in [9.17, 15) is 5.11 Å². The summed E-state index contributed by atoms with van der Waals surface area (Å²) in [5, 5.41) is 12.2. The van der Waals surface area contributed by atoms with Crippen LogP contribution in [0.4, 0.5) is 0 Å². The molecule has 1 aromatic rings. The molecule has 0 saturated carbocycles. The molecule has 1 aromatic heterocycles. The Balaban J connectivity index is 2.54. The maximum Gasteiger partial charge on any atom is 0.122 e. The molecule has 0 saturated heterocycles. The average Bonchev–Trinajstić information content (AvgIpc) is 2.47. The smallest absolute Gasteiger partial charge is 0.122 e. The van der Waals surface area contributed by atoms with Crippen LogP contribution in [0.3, 0.4) is 0 Å². The van der Waals surface area contributed by atoms with E-state index in [2.05, 4.69) is 10.9 Å². The lowest BCUT2D eigenvalue weighted by Crippen LogP contribution is -1.95. The number of aryl methyl sites for hydroxylation is 1. The van der Waals surface area contributed by atoms with Gasteiger partial charge in [-0.3, -0.25) is 0 Å². The van der Waals surface area contributed by atoms with E-state index in [1.54, 1.807) is 0 Å². The lowest BCUT2D eigenvalue weighted by Gasteiger charge is -2.02. The van der Waals surface area contributed by atoms with E-state index in [0.717, 1.165) is 10.7 Å². The van der Waals surface area contributed by atoms with E-state index in [-0.39, 0.29) is 0 Å². The molecule has 0 amide bonds. The molecule has 0 bridgehead atoms. The fourth-order valence-corrected chi connectivity index (χ4v) is 1.68. The number of terminal acetylenes is 1. The molecule has 0 aliphatic rings. The zero-order valence-electron chi connectivity index (χ0n) is 6.95. The summed E-state index contributed by atoms with van der Waals surface area (Å²) in [6.07, 6.45) is 5.79. The molecule has 0 aromatic carbocycles. The van der Waals surface area contributed by atoms with Gasteiger partial charge in [0.2, 0.25) is 0 Å². The van der Waals surface area contributed by atoms with E-state index in [1.165, 1.54) is 11.3 Å². The van der Waals surface area contributed by atoms with Crippen LogP contribution < -0.4 is 0 Å². The maximum atomic E-state index is 9.52. The number of nitrogens with zero attached hydrogens (tertiary/aromatic N) is 1. The fraction of sp³-hybridized carbons (Fsp3) is 0.444. The van der Waals surface area contributed by atoms with Crippen molar-refractivity contribution in [2.24, 2.45) is 0 Å². The molecular formula is C9H11NOS. The van der Waals surface area contributed by atoms with Crippen molar-refractivity contribution in [2.45, 2.75) is 25.9 Å². The van der Waals surface area contributed by atoms with Crippen molar-refractivity contribution in [1.82, 2.24) is 4.98 Å². The minimum atomic E-state index is -0.486. The van der Waals surface area contributed by atoms with E-state index in [1.807, 2.05) is 12.3 Å². The molecule has 1 heterocycles. The predicted molar refractivity (Wildman–Crippen MR) is 49.9 cm³/mol. The van der Waals surface area contributed by atoms with Crippen LogP contribution in [-0.2, 0) is 0 Å². The first-order valence-electron chi connectivity index (χ1n) is 3.77. The fourth-order valence-electron chi connectivity index (χ4n) is 0.869. The van der Waals surface area contributed by atoms with Gasteiger partial charge in [-0.05, 0) is 13.3 Å². The first kappa shape index (κ1) is 9.24. The predicted octanol–water partition coefficient (Wildman–Crippen LogP) is 1.90. The summed E-state index contributed by atoms with van der Waals surface area (Å²) < 4.78 is 0. The lowest BCUT2D eigenvalue weighted by molar-refractivity contribution is 0.169. The van der Waals surface area contributed by atoms with Gasteiger partial charge in [-0.1, -0.05) is 0 Å². The summed E-state index contributed by atoms with van der Waals surface area (Å²) in [5.41, 5.74) is 0.953. The van der Waals surface area contributed by atoms with Gasteiger partial charge in [-0.25, -0.2) is 4.98 Å². The Morgan fingerprint density at radius 3 is 3.08 bits per heavy atom. The highest BCUT2D eigenvalue weighted by molar-refractivity contribution is 7.09. The van der Waals surface area contributed by atoms with Crippen LogP contribution in [0.2, 0.25) is 0 Å². The number of aliphatic hydroxyl groups excluding tert-OH is 1. The molecule has 0 radical (unpaired) electrons. The number of hydrogen-bond acceptors (Lipinski definition) is 3. The van der Waals surface area contributed by atoms with Crippen molar-refractivity contribution in [3.8, 4) is 12.3 Å². The Morgan fingerprint density at radius 1 is 1.83 bits per heavy atom. The summed E-state index contributed by atoms with van der Waals surface area (Å²) in [6, 6.07) is 0. The SMILES string of the molecule is C#CCCC(O)c1nc(C)cs1. The van der Waals surface area contributed by atoms with Gasteiger partial charge < -0.3 is 5.11 Å². The highest BCUT2D eigenvalue weighted by Gasteiger charge is 2.09. The summed E-state index contributed by atoms with van der Waals surface area (Å²) in [5.74, 6) is 2.49. The molecular weight excluding hydrogens is 170 g/mol. The topological polar surface area (TPSA) is 33.1 Å². The van der Waals surface area contributed by atoms with Crippen molar-refractivity contribution in [1.29, 1.82) is 0 Å². The molecule has 0 aliphatic carbocycles. The van der Waals surface area contributed by atoms with Gasteiger partial charge in [-0.2, -0.15) is 0 Å². The van der Waals surface area contributed by atoms with E-state index >= 15 is 0 Å². The average molecular weight is 181 g/mol. The summed E-state index contributed by atoms with van der Waals surface area (Å²) in [7, 11) is 0. The number of rotatable bonds is 3. The van der Waals surface area contributed by atoms with Gasteiger partial charge in [0.15, 0.2) is 0 Å². The molecule has 1 atom stereocenters. The van der Waals surface area contributed by atoms with Gasteiger partial charge in [0, 0.05) is 17.5 Å². The first-order valence-corrected chi connectivity index (χ1v) is 4.65. The molecule has 2 nitrogen and oxygen atoms in total. The minimum Gasteiger partial charge on any atom is -0.386 e. The largest absolute Gasteiger partial charge is 0.386 e. The van der Waals surface area contributed by atoms with Gasteiger partial charge >= 0.3 is 0 Å². The second-order valence-corrected chi connectivity index (χ2v) is 3.48. The van der Waals surface area contributed by atoms with Crippen molar-refractivity contribution >= 4 is 11.3 Å². The van der Waals surface area contributed by atoms with Crippen molar-refractivity contribution in [3.63, 3.8) is 0 Å². The Hall–Kier alpha value is -0.850. The quantitative estimate of drug-likeness (QED) is 0.722. The Labute approximate surface area is 76.3 Å². The van der Waals surface area contributed by atoms with Gasteiger partial charge in [0.1, 0.15) is 11.1 Å². The minimum absolute atomic E-state index is 0.486. The van der Waals surface area contributed by atoms with Crippen LogP contribution in [0.25, 0.3) is 0 Å². The number of thiazole rings is 1. The third kappa shape index (κ3) is 2.33. The summed E-state index contributed by atoms with van der Waals surface area (Å²) in [4.78, 5) is 4.16. The third-order valence-electron chi connectivity index (χ3n) is 1.48. The van der Waals surface area contributed by atoms with Crippen LogP contribution >= 0.6 is 11.3 Å². The molecule has 0 spiro atoms. The monoisotopic (exact) mass is 181 g/mol. The molecule has 3 heteroatoms. The number of aliphatic hydroxyl groups is 1. The highest BCUT2D eigenvalue weighted by atomic mass is 32.1. The third-order valence-corrected chi connectivity index (χ3v) is 2.55. The van der Waals surface area contributed by atoms with E-state index in [0.29, 0.717) is 12.8 Å². The number of hydrogen-bond donors (Lipinski definition) is 1. The summed E-state index contributed by atoms with van der Waals surface area (Å²) >= 11 is 1.48. The molecule has 1 unspecified atom stereocenters. The van der Waals surface area contributed by atoms with Gasteiger partial charge in [0.05, 0.1) is 0 Å². The Morgan fingerprint density at radius 2 is 2.58 bits per heavy atom. The van der Waals surface area contributed by atoms with Crippen LogP contribution in [0.1, 0.15) is 29.6 Å². The van der Waals surface area contributed by atoms with Gasteiger partial charge in [0.25, 0.3) is 0 Å². The summed E-state index contributed by atoms with van der Waals surface area (Å²) in [6.45, 7) is 1.91. The molecule has 1 N–H and O–H groups in total. The molecule has 0 fully saturated rings. The normalized spacial score (nSPS) is 12.4. The van der Waals surface area contributed by atoms with Crippen molar-refractivity contribution in [3.05, 3.63) is 16.1 Å². The Kier molecular flexibility index (Phi) is 3.27. The maximum absolute atomic E-state index is 9.52. The first-order chi connectivity index (χ1) is 5.74. The molecule has 0 aliphatic heterocycles. The van der Waals surface area contributed by atoms with Crippen LogP contribution in [0.5, 0.6) is 0 Å². The van der Waals surface area contributed by atoms with Crippen LogP contribution in [0, 0.1) is 19.3 Å². The molecule has 12 heavy (non-hydrogen) atoms. The standard InChI is InChI=1S/C9H11NOS/c1-3-4-5-8(11)9-10-7(2)6-12-9/h1,6,8,11H,4-5H2,2H3. The van der Waals surface area contributed by atoms with Crippen LogP contribution in [-0.4, -0.2) is 10.1 Å². The second kappa shape index (κ2) is 4.24. The van der Waals surface area contributed by atoms with Crippen molar-refractivity contribution in [2.75, 3.05) is 0 Å². The van der Waals surface area contributed by atoms with E-state index < -0.39 is 6.10 Å². The highest BCUT2D eigenvalue weighted by Crippen LogP contribution is 2.21. The molecule has 64 valence electrons. The Bertz CT molecular complexity index is 287. The van der Waals surface area contributed by atoms with E-state index in [4.69, 9.17) is 6.42 Å². The van der Waals surface area contributed by atoms with Gasteiger partial charge in [-0.15, -0.1) is 23.7 Å². The number of aromatic nitrogens is 1. The van der Waals surface area contributed by atoms with Crippen molar-refractivity contribution < 1.29 is 5.11 Å². The second-order valence-electron chi connectivity index (χ2n) is 2.59. The zero-order chi connectivity index (χ0) is 8.97. The lowest BCUT2D eigenvalue weighted by atomic mass is 10.2. The van der Waals surface area contributed by atoms with Crippen LogP contribution in [0.15, 0.2) is 5.38 Å². The zero-order valence-corrected chi connectivity index (χ0v) is 7.77. The molecule has 1 rings (SSSR count).